The molecule has 1 aromatic heterocycles. The molecule has 0 bridgehead atoms. The summed E-state index contributed by atoms with van der Waals surface area (Å²) in [6, 6.07) is 0. The van der Waals surface area contributed by atoms with Crippen LogP contribution in [0, 0.1) is 0 Å². The average molecular weight is 343 g/mol. The lowest BCUT2D eigenvalue weighted by Gasteiger charge is -2.31. The number of rotatable bonds is 2. The van der Waals surface area contributed by atoms with E-state index >= 15 is 0 Å². The second-order valence-corrected chi connectivity index (χ2v) is 8.27. The van der Waals surface area contributed by atoms with Crippen LogP contribution in [0.25, 0.3) is 0 Å². The second-order valence-electron chi connectivity index (χ2n) is 6.36. The van der Waals surface area contributed by atoms with Gasteiger partial charge >= 0.3 is 6.09 Å². The maximum Gasteiger partial charge on any atom is 0.410 e. The Morgan fingerprint density at radius 2 is 1.91 bits per heavy atom. The Kier molecular flexibility index (Phi) is 4.52. The number of fused-ring (bicyclic) bond motifs is 1. The number of nitrogens with zero attached hydrogens (tertiary/aromatic N) is 3. The molecule has 0 radical (unpaired) electrons. The summed E-state index contributed by atoms with van der Waals surface area (Å²) in [5, 5.41) is -0.306. The Morgan fingerprint density at radius 3 is 2.43 bits per heavy atom. The van der Waals surface area contributed by atoms with E-state index in [0.29, 0.717) is 18.7 Å². The third kappa shape index (κ3) is 4.10. The lowest BCUT2D eigenvalue weighted by Crippen LogP contribution is -2.40. The topological polar surface area (TPSA) is 98.7 Å². The van der Waals surface area contributed by atoms with Gasteiger partial charge in [0.2, 0.25) is 20.9 Å². The van der Waals surface area contributed by atoms with E-state index in [1.54, 1.807) is 20.8 Å². The molecule has 2 heterocycles. The van der Waals surface area contributed by atoms with Crippen molar-refractivity contribution in [2.24, 2.45) is 0 Å². The molecule has 0 atom stereocenters. The number of hydrogen-bond acceptors (Lipinski definition) is 7. The molecule has 0 fully saturated rings. The third-order valence-electron chi connectivity index (χ3n) is 3.18. The molecule has 2 rings (SSSR count). The Labute approximate surface area is 135 Å². The largest absolute Gasteiger partial charge is 0.481 e. The summed E-state index contributed by atoms with van der Waals surface area (Å²) < 4.78 is 33.9. The first kappa shape index (κ1) is 17.5. The van der Waals surface area contributed by atoms with E-state index in [0.717, 1.165) is 11.8 Å². The minimum atomic E-state index is -3.57. The number of carbonyl (C=O) groups excluding carboxylic acids is 1. The molecule has 1 aromatic rings. The zero-order valence-electron chi connectivity index (χ0n) is 13.9. The number of amides is 1. The van der Waals surface area contributed by atoms with Gasteiger partial charge in [0, 0.05) is 18.4 Å². The van der Waals surface area contributed by atoms with Gasteiger partial charge in [-0.05, 0) is 27.2 Å². The first-order valence-electron chi connectivity index (χ1n) is 7.13. The molecular formula is C14H21N3O5S. The Morgan fingerprint density at radius 1 is 1.26 bits per heavy atom. The molecule has 23 heavy (non-hydrogen) atoms. The van der Waals surface area contributed by atoms with Crippen LogP contribution >= 0.6 is 0 Å². The van der Waals surface area contributed by atoms with E-state index in [1.807, 2.05) is 0 Å². The first-order chi connectivity index (χ1) is 10.5. The van der Waals surface area contributed by atoms with Crippen LogP contribution in [0.3, 0.4) is 0 Å². The molecule has 1 aliphatic heterocycles. The summed E-state index contributed by atoms with van der Waals surface area (Å²) in [6.07, 6.45) is 1.05. The molecule has 0 unspecified atom stereocenters. The zero-order chi connectivity index (χ0) is 17.4. The van der Waals surface area contributed by atoms with E-state index in [1.165, 1.54) is 12.0 Å². The van der Waals surface area contributed by atoms with E-state index in [-0.39, 0.29) is 17.6 Å². The fourth-order valence-corrected chi connectivity index (χ4v) is 2.72. The van der Waals surface area contributed by atoms with Gasteiger partial charge in [0.05, 0.1) is 19.3 Å². The molecule has 0 N–H and O–H groups in total. The van der Waals surface area contributed by atoms with Crippen LogP contribution in [0.4, 0.5) is 4.79 Å². The summed E-state index contributed by atoms with van der Waals surface area (Å²) in [5.74, 6) is 0.235. The van der Waals surface area contributed by atoms with Crippen molar-refractivity contribution in [3.63, 3.8) is 0 Å². The van der Waals surface area contributed by atoms with Crippen molar-refractivity contribution in [3.05, 3.63) is 11.3 Å². The molecule has 0 aromatic carbocycles. The maximum absolute atomic E-state index is 12.2. The van der Waals surface area contributed by atoms with E-state index in [4.69, 9.17) is 9.47 Å². The molecule has 9 heteroatoms. The SMILES string of the molecule is COc1nc(S(C)(=O)=O)nc2c1CCN(C(=O)OC(C)(C)C)C2. The zero-order valence-corrected chi connectivity index (χ0v) is 14.7. The summed E-state index contributed by atoms with van der Waals surface area (Å²) in [6.45, 7) is 5.95. The molecule has 0 aliphatic carbocycles. The van der Waals surface area contributed by atoms with Crippen LogP contribution < -0.4 is 4.74 Å². The predicted octanol–water partition coefficient (Wildman–Crippen LogP) is 1.18. The lowest BCUT2D eigenvalue weighted by molar-refractivity contribution is 0.0219. The van der Waals surface area contributed by atoms with Gasteiger partial charge in [0.25, 0.3) is 0 Å². The maximum atomic E-state index is 12.2. The van der Waals surface area contributed by atoms with Crippen LogP contribution in [-0.2, 0) is 27.5 Å². The highest BCUT2D eigenvalue weighted by Crippen LogP contribution is 2.27. The molecular weight excluding hydrogens is 322 g/mol. The molecule has 0 saturated carbocycles. The number of carbonyl (C=O) groups is 1. The quantitative estimate of drug-likeness (QED) is 0.744. The van der Waals surface area contributed by atoms with Gasteiger partial charge < -0.3 is 14.4 Å². The highest BCUT2D eigenvalue weighted by atomic mass is 32.2. The number of aromatic nitrogens is 2. The van der Waals surface area contributed by atoms with Gasteiger partial charge in [-0.15, -0.1) is 0 Å². The number of methoxy groups -OCH3 is 1. The summed E-state index contributed by atoms with van der Waals surface area (Å²) in [4.78, 5) is 21.7. The fourth-order valence-electron chi connectivity index (χ4n) is 2.19. The van der Waals surface area contributed by atoms with E-state index in [2.05, 4.69) is 9.97 Å². The highest BCUT2D eigenvalue weighted by molar-refractivity contribution is 7.90. The summed E-state index contributed by atoms with van der Waals surface area (Å²) in [5.41, 5.74) is 0.590. The van der Waals surface area contributed by atoms with Crippen molar-refractivity contribution < 1.29 is 22.7 Å². The van der Waals surface area contributed by atoms with Crippen LogP contribution in [0.15, 0.2) is 5.16 Å². The minimum Gasteiger partial charge on any atom is -0.481 e. The molecule has 0 spiro atoms. The Bertz CT molecular complexity index is 725. The summed E-state index contributed by atoms with van der Waals surface area (Å²) in [7, 11) is -2.15. The first-order valence-corrected chi connectivity index (χ1v) is 9.02. The normalized spacial score (nSPS) is 15.1. The second kappa shape index (κ2) is 5.95. The van der Waals surface area contributed by atoms with Gasteiger partial charge in [-0.25, -0.2) is 18.2 Å². The van der Waals surface area contributed by atoms with E-state index in [9.17, 15) is 13.2 Å². The van der Waals surface area contributed by atoms with Crippen molar-refractivity contribution in [1.82, 2.24) is 14.9 Å². The van der Waals surface area contributed by atoms with E-state index < -0.39 is 21.5 Å². The van der Waals surface area contributed by atoms with Crippen molar-refractivity contribution in [2.75, 3.05) is 19.9 Å². The summed E-state index contributed by atoms with van der Waals surface area (Å²) >= 11 is 0. The number of sulfone groups is 1. The minimum absolute atomic E-state index is 0.158. The van der Waals surface area contributed by atoms with Gasteiger partial charge in [-0.1, -0.05) is 0 Å². The smallest absolute Gasteiger partial charge is 0.410 e. The van der Waals surface area contributed by atoms with Gasteiger partial charge in [-0.2, -0.15) is 4.98 Å². The Balaban J connectivity index is 2.34. The molecule has 128 valence electrons. The average Bonchev–Trinajstić information content (AvgIpc) is 2.42. The van der Waals surface area contributed by atoms with Crippen molar-refractivity contribution in [2.45, 2.75) is 44.5 Å². The molecule has 8 nitrogen and oxygen atoms in total. The van der Waals surface area contributed by atoms with Gasteiger partial charge in [-0.3, -0.25) is 0 Å². The van der Waals surface area contributed by atoms with Crippen LogP contribution in [0.1, 0.15) is 32.0 Å². The monoisotopic (exact) mass is 343 g/mol. The van der Waals surface area contributed by atoms with Crippen molar-refractivity contribution >= 4 is 15.9 Å². The van der Waals surface area contributed by atoms with Gasteiger partial charge in [0.15, 0.2) is 0 Å². The van der Waals surface area contributed by atoms with Crippen molar-refractivity contribution in [3.8, 4) is 5.88 Å². The van der Waals surface area contributed by atoms with Crippen molar-refractivity contribution in [1.29, 1.82) is 0 Å². The van der Waals surface area contributed by atoms with Crippen LogP contribution in [-0.4, -0.2) is 54.9 Å². The van der Waals surface area contributed by atoms with Gasteiger partial charge in [0.1, 0.15) is 5.60 Å². The van der Waals surface area contributed by atoms with Crippen LogP contribution in [0.2, 0.25) is 0 Å². The molecule has 1 aliphatic rings. The number of ether oxygens (including phenoxy) is 2. The highest BCUT2D eigenvalue weighted by Gasteiger charge is 2.30. The predicted molar refractivity (Wildman–Crippen MR) is 82.0 cm³/mol. The van der Waals surface area contributed by atoms with Crippen LogP contribution in [0.5, 0.6) is 5.88 Å². The fraction of sp³-hybridized carbons (Fsp3) is 0.643. The third-order valence-corrected chi connectivity index (χ3v) is 4.03. The standard InChI is InChI=1S/C14H21N3O5S/c1-14(2,3)22-13(18)17-7-6-9-10(8-17)15-12(23(5,19)20)16-11(9)21-4/h6-8H2,1-5H3. The number of hydrogen-bond donors (Lipinski definition) is 0. The lowest BCUT2D eigenvalue weighted by atomic mass is 10.1. The molecule has 1 amide bonds. The molecule has 0 saturated heterocycles. The Hall–Kier alpha value is -1.90.